The van der Waals surface area contributed by atoms with E-state index in [0.717, 1.165) is 26.1 Å². The van der Waals surface area contributed by atoms with Crippen LogP contribution in [0.15, 0.2) is 6.20 Å². The topological polar surface area (TPSA) is 22.1 Å². The molecule has 1 unspecified atom stereocenters. The Morgan fingerprint density at radius 2 is 2.67 bits per heavy atom. The predicted molar refractivity (Wildman–Crippen MR) is 49.7 cm³/mol. The van der Waals surface area contributed by atoms with Crippen LogP contribution in [-0.4, -0.2) is 18.2 Å². The van der Waals surface area contributed by atoms with Crippen LogP contribution in [0.3, 0.4) is 0 Å². The number of ether oxygens (including phenoxy) is 1. The molecule has 2 rings (SSSR count). The third kappa shape index (κ3) is 1.52. The van der Waals surface area contributed by atoms with Crippen LogP contribution in [0, 0.1) is 0 Å². The lowest BCUT2D eigenvalue weighted by molar-refractivity contribution is 0.194. The molecule has 1 saturated heterocycles. The molecule has 1 aromatic rings. The van der Waals surface area contributed by atoms with Gasteiger partial charge in [-0.2, -0.15) is 0 Å². The largest absolute Gasteiger partial charge is 0.381 e. The molecule has 2 nitrogen and oxygen atoms in total. The van der Waals surface area contributed by atoms with Crippen molar-refractivity contribution in [2.75, 3.05) is 13.2 Å². The Morgan fingerprint density at radius 1 is 1.75 bits per heavy atom. The van der Waals surface area contributed by atoms with E-state index in [-0.39, 0.29) is 0 Å². The van der Waals surface area contributed by atoms with Crippen molar-refractivity contribution in [3.63, 3.8) is 0 Å². The van der Waals surface area contributed by atoms with E-state index >= 15 is 0 Å². The maximum Gasteiger partial charge on any atom is 0.0982 e. The van der Waals surface area contributed by atoms with Gasteiger partial charge in [-0.1, -0.05) is 6.92 Å². The van der Waals surface area contributed by atoms with Crippen molar-refractivity contribution < 1.29 is 4.74 Å². The first kappa shape index (κ1) is 8.20. The molecule has 1 aromatic heterocycles. The molecule has 0 amide bonds. The quantitative estimate of drug-likeness (QED) is 0.701. The Balaban J connectivity index is 2.11. The van der Waals surface area contributed by atoms with Gasteiger partial charge >= 0.3 is 0 Å². The van der Waals surface area contributed by atoms with E-state index in [9.17, 15) is 0 Å². The highest BCUT2D eigenvalue weighted by molar-refractivity contribution is 7.11. The average molecular weight is 183 g/mol. The first-order chi connectivity index (χ1) is 5.90. The van der Waals surface area contributed by atoms with Crippen LogP contribution in [0.1, 0.15) is 29.1 Å². The zero-order chi connectivity index (χ0) is 8.39. The van der Waals surface area contributed by atoms with Crippen molar-refractivity contribution in [3.05, 3.63) is 16.1 Å². The van der Waals surface area contributed by atoms with E-state index in [1.807, 2.05) is 17.5 Å². The zero-order valence-electron chi connectivity index (χ0n) is 7.25. The molecule has 1 aliphatic rings. The molecule has 0 aliphatic carbocycles. The monoisotopic (exact) mass is 183 g/mol. The van der Waals surface area contributed by atoms with Gasteiger partial charge in [0.1, 0.15) is 0 Å². The van der Waals surface area contributed by atoms with E-state index in [4.69, 9.17) is 4.74 Å². The number of rotatable bonds is 2. The molecular formula is C9H13NOS. The van der Waals surface area contributed by atoms with Gasteiger partial charge in [-0.3, -0.25) is 0 Å². The molecule has 2 heterocycles. The Kier molecular flexibility index (Phi) is 2.42. The summed E-state index contributed by atoms with van der Waals surface area (Å²) in [6, 6.07) is 0. The van der Waals surface area contributed by atoms with Gasteiger partial charge in [0.2, 0.25) is 0 Å². The highest BCUT2D eigenvalue weighted by Gasteiger charge is 2.20. The van der Waals surface area contributed by atoms with Crippen molar-refractivity contribution in [3.8, 4) is 0 Å². The van der Waals surface area contributed by atoms with Gasteiger partial charge in [-0.25, -0.2) is 4.98 Å². The van der Waals surface area contributed by atoms with E-state index < -0.39 is 0 Å². The maximum atomic E-state index is 5.32. The van der Waals surface area contributed by atoms with Crippen LogP contribution in [-0.2, 0) is 11.2 Å². The smallest absolute Gasteiger partial charge is 0.0982 e. The first-order valence-electron chi connectivity index (χ1n) is 4.42. The lowest BCUT2D eigenvalue weighted by Crippen LogP contribution is -1.95. The summed E-state index contributed by atoms with van der Waals surface area (Å²) < 4.78 is 5.32. The molecular weight excluding hydrogens is 170 g/mol. The van der Waals surface area contributed by atoms with Gasteiger partial charge in [0.15, 0.2) is 0 Å². The first-order valence-corrected chi connectivity index (χ1v) is 5.24. The summed E-state index contributed by atoms with van der Waals surface area (Å²) in [6.45, 7) is 3.95. The minimum absolute atomic E-state index is 0.579. The summed E-state index contributed by atoms with van der Waals surface area (Å²) in [6.07, 6.45) is 4.25. The van der Waals surface area contributed by atoms with Gasteiger partial charge in [-0.15, -0.1) is 11.3 Å². The molecule has 0 spiro atoms. The van der Waals surface area contributed by atoms with Crippen molar-refractivity contribution in [1.82, 2.24) is 4.98 Å². The third-order valence-corrected chi connectivity index (χ3v) is 3.50. The van der Waals surface area contributed by atoms with Gasteiger partial charge in [0.05, 0.1) is 11.6 Å². The molecule has 0 N–H and O–H groups in total. The molecule has 3 heteroatoms. The third-order valence-electron chi connectivity index (χ3n) is 2.20. The number of hydrogen-bond donors (Lipinski definition) is 0. The second-order valence-corrected chi connectivity index (χ2v) is 4.23. The number of thiazole rings is 1. The fraction of sp³-hybridized carbons (Fsp3) is 0.667. The van der Waals surface area contributed by atoms with Crippen molar-refractivity contribution in [2.45, 2.75) is 25.7 Å². The van der Waals surface area contributed by atoms with Gasteiger partial charge in [-0.05, 0) is 12.8 Å². The summed E-state index contributed by atoms with van der Waals surface area (Å²) in [5.74, 6) is 0.579. The Morgan fingerprint density at radius 3 is 3.25 bits per heavy atom. The molecule has 0 bridgehead atoms. The molecule has 1 fully saturated rings. The van der Waals surface area contributed by atoms with Crippen molar-refractivity contribution >= 4 is 11.3 Å². The van der Waals surface area contributed by atoms with Crippen LogP contribution < -0.4 is 0 Å². The van der Waals surface area contributed by atoms with Gasteiger partial charge in [0.25, 0.3) is 0 Å². The number of hydrogen-bond acceptors (Lipinski definition) is 3. The van der Waals surface area contributed by atoms with E-state index in [0.29, 0.717) is 5.92 Å². The number of nitrogens with zero attached hydrogens (tertiary/aromatic N) is 1. The highest BCUT2D eigenvalue weighted by Crippen LogP contribution is 2.28. The molecule has 0 saturated carbocycles. The number of aryl methyl sites for hydroxylation is 1. The standard InChI is InChI=1S/C9H13NOS/c1-2-8-5-10-9(12-8)7-3-4-11-6-7/h5,7H,2-4,6H2,1H3. The maximum absolute atomic E-state index is 5.32. The second kappa shape index (κ2) is 3.54. The Hall–Kier alpha value is -0.410. The van der Waals surface area contributed by atoms with Crippen molar-refractivity contribution in [2.24, 2.45) is 0 Å². The molecule has 1 atom stereocenters. The van der Waals surface area contributed by atoms with E-state index in [1.165, 1.54) is 9.88 Å². The molecule has 0 aromatic carbocycles. The second-order valence-electron chi connectivity index (χ2n) is 3.08. The SMILES string of the molecule is CCc1cnc(C2CCOC2)s1. The van der Waals surface area contributed by atoms with E-state index in [1.54, 1.807) is 0 Å². The number of aromatic nitrogens is 1. The van der Waals surface area contributed by atoms with Crippen LogP contribution in [0.2, 0.25) is 0 Å². The summed E-state index contributed by atoms with van der Waals surface area (Å²) in [4.78, 5) is 5.79. The highest BCUT2D eigenvalue weighted by atomic mass is 32.1. The van der Waals surface area contributed by atoms with Crippen molar-refractivity contribution in [1.29, 1.82) is 0 Å². The summed E-state index contributed by atoms with van der Waals surface area (Å²) in [5.41, 5.74) is 0. The Labute approximate surface area is 76.6 Å². The summed E-state index contributed by atoms with van der Waals surface area (Å²) in [7, 11) is 0. The molecule has 66 valence electrons. The molecule has 0 radical (unpaired) electrons. The van der Waals surface area contributed by atoms with Gasteiger partial charge in [0, 0.05) is 23.6 Å². The minimum Gasteiger partial charge on any atom is -0.381 e. The van der Waals surface area contributed by atoms with E-state index in [2.05, 4.69) is 11.9 Å². The van der Waals surface area contributed by atoms with Crippen LogP contribution in [0.5, 0.6) is 0 Å². The predicted octanol–water partition coefficient (Wildman–Crippen LogP) is 2.21. The normalized spacial score (nSPS) is 23.2. The fourth-order valence-corrected chi connectivity index (χ4v) is 2.38. The lowest BCUT2D eigenvalue weighted by atomic mass is 10.1. The Bertz CT molecular complexity index is 253. The summed E-state index contributed by atoms with van der Waals surface area (Å²) >= 11 is 1.84. The van der Waals surface area contributed by atoms with Crippen LogP contribution in [0.25, 0.3) is 0 Å². The lowest BCUT2D eigenvalue weighted by Gasteiger charge is -1.99. The van der Waals surface area contributed by atoms with Crippen LogP contribution >= 0.6 is 11.3 Å². The molecule has 1 aliphatic heterocycles. The summed E-state index contributed by atoms with van der Waals surface area (Å²) in [5, 5.41) is 1.27. The minimum atomic E-state index is 0.579. The molecule has 12 heavy (non-hydrogen) atoms. The fourth-order valence-electron chi connectivity index (χ4n) is 1.40. The van der Waals surface area contributed by atoms with Crippen LogP contribution in [0.4, 0.5) is 0 Å². The average Bonchev–Trinajstić information content (AvgIpc) is 2.75. The zero-order valence-corrected chi connectivity index (χ0v) is 8.06. The van der Waals surface area contributed by atoms with Gasteiger partial charge < -0.3 is 4.74 Å².